The number of amides is 2. The summed E-state index contributed by atoms with van der Waals surface area (Å²) in [6, 6.07) is 11.5. The maximum absolute atomic E-state index is 12.9. The highest BCUT2D eigenvalue weighted by molar-refractivity contribution is 7.89. The van der Waals surface area contributed by atoms with Gasteiger partial charge in [-0.2, -0.15) is 4.31 Å². The molecule has 33 heavy (non-hydrogen) atoms. The molecule has 0 aliphatic rings. The largest absolute Gasteiger partial charge is 0.496 e. The molecule has 0 radical (unpaired) electrons. The molecular weight excluding hydrogens is 442 g/mol. The molecule has 0 atom stereocenters. The lowest BCUT2D eigenvalue weighted by molar-refractivity contribution is -0.116. The van der Waals surface area contributed by atoms with Crippen LogP contribution in [0.5, 0.6) is 5.75 Å². The average molecular weight is 476 g/mol. The van der Waals surface area contributed by atoms with Crippen LogP contribution >= 0.6 is 0 Å². The van der Waals surface area contributed by atoms with Gasteiger partial charge in [0, 0.05) is 31.7 Å². The molecular formula is C24H33N3O5S. The third-order valence-electron chi connectivity index (χ3n) is 5.02. The zero-order valence-corrected chi connectivity index (χ0v) is 20.7. The van der Waals surface area contributed by atoms with Crippen molar-refractivity contribution >= 4 is 27.5 Å². The van der Waals surface area contributed by atoms with Crippen molar-refractivity contribution in [3.05, 3.63) is 53.6 Å². The van der Waals surface area contributed by atoms with E-state index in [1.54, 1.807) is 32.0 Å². The molecule has 0 aliphatic carbocycles. The fourth-order valence-electron chi connectivity index (χ4n) is 3.36. The highest BCUT2D eigenvalue weighted by Gasteiger charge is 2.24. The van der Waals surface area contributed by atoms with E-state index in [-0.39, 0.29) is 34.6 Å². The van der Waals surface area contributed by atoms with Gasteiger partial charge in [0.15, 0.2) is 0 Å². The maximum atomic E-state index is 12.9. The second kappa shape index (κ2) is 11.8. The van der Waals surface area contributed by atoms with E-state index in [1.807, 2.05) is 19.9 Å². The summed E-state index contributed by atoms with van der Waals surface area (Å²) in [4.78, 5) is 24.9. The summed E-state index contributed by atoms with van der Waals surface area (Å²) in [5.74, 6) is 0.00398. The van der Waals surface area contributed by atoms with E-state index < -0.39 is 15.9 Å². The summed E-state index contributed by atoms with van der Waals surface area (Å²) in [6.45, 7) is 8.33. The van der Waals surface area contributed by atoms with E-state index in [0.29, 0.717) is 25.2 Å². The Bertz CT molecular complexity index is 1080. The van der Waals surface area contributed by atoms with Gasteiger partial charge in [0.2, 0.25) is 15.9 Å². The standard InChI is InChI=1S/C24H33N3O5S/c1-6-27(7-2)33(30,31)20-11-12-22(32-5)21(15-20)24(29)25-16-18-9-8-10-19(14-18)26-23(28)13-17(3)4/h8-12,14-15,17H,6-7,13,16H2,1-5H3,(H,25,29)(H,26,28). The van der Waals surface area contributed by atoms with Crippen molar-refractivity contribution in [2.24, 2.45) is 5.92 Å². The quantitative estimate of drug-likeness (QED) is 0.516. The number of carbonyl (C=O) groups excluding carboxylic acids is 2. The van der Waals surface area contributed by atoms with Crippen LogP contribution in [0.3, 0.4) is 0 Å². The number of sulfonamides is 1. The van der Waals surface area contributed by atoms with E-state index in [1.165, 1.54) is 29.6 Å². The Hall–Kier alpha value is -2.91. The van der Waals surface area contributed by atoms with Crippen LogP contribution < -0.4 is 15.4 Å². The van der Waals surface area contributed by atoms with E-state index in [0.717, 1.165) is 5.56 Å². The average Bonchev–Trinajstić information content (AvgIpc) is 2.77. The first-order chi connectivity index (χ1) is 15.6. The second-order valence-electron chi connectivity index (χ2n) is 7.98. The van der Waals surface area contributed by atoms with Gasteiger partial charge in [-0.3, -0.25) is 9.59 Å². The lowest BCUT2D eigenvalue weighted by Gasteiger charge is -2.19. The molecule has 2 aromatic rings. The smallest absolute Gasteiger partial charge is 0.255 e. The Labute approximate surface area is 196 Å². The van der Waals surface area contributed by atoms with E-state index >= 15 is 0 Å². The molecule has 180 valence electrons. The van der Waals surface area contributed by atoms with Gasteiger partial charge in [-0.15, -0.1) is 0 Å². The first-order valence-electron chi connectivity index (χ1n) is 11.0. The van der Waals surface area contributed by atoms with Crippen molar-refractivity contribution in [2.45, 2.75) is 45.6 Å². The second-order valence-corrected chi connectivity index (χ2v) is 9.92. The highest BCUT2D eigenvalue weighted by atomic mass is 32.2. The minimum absolute atomic E-state index is 0.0343. The number of anilines is 1. The zero-order valence-electron chi connectivity index (χ0n) is 19.8. The number of nitrogens with one attached hydrogen (secondary N) is 2. The van der Waals surface area contributed by atoms with Gasteiger partial charge in [-0.05, 0) is 41.8 Å². The van der Waals surface area contributed by atoms with Gasteiger partial charge in [-0.25, -0.2) is 8.42 Å². The summed E-state index contributed by atoms with van der Waals surface area (Å²) >= 11 is 0. The van der Waals surface area contributed by atoms with Gasteiger partial charge >= 0.3 is 0 Å². The molecule has 0 aliphatic heterocycles. The number of carbonyl (C=O) groups is 2. The molecule has 2 rings (SSSR count). The zero-order chi connectivity index (χ0) is 24.6. The molecule has 2 N–H and O–H groups in total. The van der Waals surface area contributed by atoms with Crippen molar-refractivity contribution in [2.75, 3.05) is 25.5 Å². The molecule has 8 nitrogen and oxygen atoms in total. The predicted molar refractivity (Wildman–Crippen MR) is 129 cm³/mol. The first kappa shape index (κ1) is 26.3. The fraction of sp³-hybridized carbons (Fsp3) is 0.417. The van der Waals surface area contributed by atoms with Crippen molar-refractivity contribution in [1.29, 1.82) is 0 Å². The number of hydrogen-bond acceptors (Lipinski definition) is 5. The molecule has 9 heteroatoms. The van der Waals surface area contributed by atoms with Crippen LogP contribution in [0.1, 0.15) is 50.0 Å². The Kier molecular flexibility index (Phi) is 9.43. The summed E-state index contributed by atoms with van der Waals surface area (Å²) in [5.41, 5.74) is 1.57. The number of ether oxygens (including phenoxy) is 1. The first-order valence-corrected chi connectivity index (χ1v) is 12.4. The topological polar surface area (TPSA) is 105 Å². The van der Waals surface area contributed by atoms with Crippen LogP contribution in [0.2, 0.25) is 0 Å². The fourth-order valence-corrected chi connectivity index (χ4v) is 4.84. The Balaban J connectivity index is 2.19. The number of nitrogens with zero attached hydrogens (tertiary/aromatic N) is 1. The minimum atomic E-state index is -3.72. The third kappa shape index (κ3) is 7.03. The Morgan fingerprint density at radius 2 is 1.76 bits per heavy atom. The Morgan fingerprint density at radius 3 is 2.36 bits per heavy atom. The van der Waals surface area contributed by atoms with E-state index in [4.69, 9.17) is 4.74 Å². The van der Waals surface area contributed by atoms with Gasteiger partial charge in [0.1, 0.15) is 5.75 Å². The van der Waals surface area contributed by atoms with Crippen LogP contribution in [-0.2, 0) is 21.4 Å². The van der Waals surface area contributed by atoms with E-state index in [2.05, 4.69) is 10.6 Å². The van der Waals surface area contributed by atoms with Gasteiger partial charge in [0.25, 0.3) is 5.91 Å². The molecule has 2 aromatic carbocycles. The lowest BCUT2D eigenvalue weighted by Crippen LogP contribution is -2.31. The number of rotatable bonds is 11. The lowest BCUT2D eigenvalue weighted by atomic mass is 10.1. The van der Waals surface area contributed by atoms with E-state index in [9.17, 15) is 18.0 Å². The maximum Gasteiger partial charge on any atom is 0.255 e. The molecule has 0 fully saturated rings. The molecule has 0 saturated carbocycles. The van der Waals surface area contributed by atoms with Crippen molar-refractivity contribution < 1.29 is 22.7 Å². The monoisotopic (exact) mass is 475 g/mol. The summed E-state index contributed by atoms with van der Waals surface area (Å²) in [6.07, 6.45) is 0.424. The van der Waals surface area contributed by atoms with Gasteiger partial charge in [0.05, 0.1) is 17.6 Å². The molecule has 0 bridgehead atoms. The molecule has 0 spiro atoms. The number of methoxy groups -OCH3 is 1. The minimum Gasteiger partial charge on any atom is -0.496 e. The molecule has 0 unspecified atom stereocenters. The third-order valence-corrected chi connectivity index (χ3v) is 7.06. The SMILES string of the molecule is CCN(CC)S(=O)(=O)c1ccc(OC)c(C(=O)NCc2cccc(NC(=O)CC(C)C)c2)c1. The van der Waals surface area contributed by atoms with Crippen LogP contribution in [-0.4, -0.2) is 44.7 Å². The van der Waals surface area contributed by atoms with Crippen molar-refractivity contribution in [3.63, 3.8) is 0 Å². The van der Waals surface area contributed by atoms with Gasteiger partial charge in [-0.1, -0.05) is 39.8 Å². The van der Waals surface area contributed by atoms with Crippen molar-refractivity contribution in [1.82, 2.24) is 9.62 Å². The summed E-state index contributed by atoms with van der Waals surface area (Å²) < 4.78 is 32.3. The van der Waals surface area contributed by atoms with Crippen LogP contribution in [0.15, 0.2) is 47.4 Å². The summed E-state index contributed by atoms with van der Waals surface area (Å²) in [7, 11) is -2.29. The number of hydrogen-bond donors (Lipinski definition) is 2. The molecule has 0 heterocycles. The van der Waals surface area contributed by atoms with Crippen LogP contribution in [0.25, 0.3) is 0 Å². The Morgan fingerprint density at radius 1 is 1.06 bits per heavy atom. The van der Waals surface area contributed by atoms with Crippen molar-refractivity contribution in [3.8, 4) is 5.75 Å². The predicted octanol–water partition coefficient (Wildman–Crippen LogP) is 3.64. The highest BCUT2D eigenvalue weighted by Crippen LogP contribution is 2.25. The summed E-state index contributed by atoms with van der Waals surface area (Å²) in [5, 5.41) is 5.65. The molecule has 0 saturated heterocycles. The molecule has 2 amide bonds. The van der Waals surface area contributed by atoms with Crippen LogP contribution in [0.4, 0.5) is 5.69 Å². The van der Waals surface area contributed by atoms with Crippen LogP contribution in [0, 0.1) is 5.92 Å². The normalized spacial score (nSPS) is 11.5. The molecule has 0 aromatic heterocycles. The number of benzene rings is 2. The van der Waals surface area contributed by atoms with Gasteiger partial charge < -0.3 is 15.4 Å².